The number of esters is 2. The Bertz CT molecular complexity index is 1060. The van der Waals surface area contributed by atoms with Gasteiger partial charge in [-0.3, -0.25) is 0 Å². The van der Waals surface area contributed by atoms with Crippen LogP contribution in [-0.2, 0) is 22.4 Å². The minimum atomic E-state index is -0.555. The van der Waals surface area contributed by atoms with E-state index in [1.54, 1.807) is 12.1 Å². The summed E-state index contributed by atoms with van der Waals surface area (Å²) in [5.41, 5.74) is 2.38. The summed E-state index contributed by atoms with van der Waals surface area (Å²) in [6, 6.07) is 4.61. The SMILES string of the molecule is COC(=O)c1cc(Nc2ncnc3c2nc2n3CCCCC2)cc(C(=O)OC)c1. The fourth-order valence-corrected chi connectivity index (χ4v) is 3.54. The predicted octanol–water partition coefficient (Wildman–Crippen LogP) is 2.87. The molecule has 9 nitrogen and oxygen atoms in total. The van der Waals surface area contributed by atoms with Gasteiger partial charge < -0.3 is 19.4 Å². The summed E-state index contributed by atoms with van der Waals surface area (Å²) in [5.74, 6) is 0.397. The maximum atomic E-state index is 12.0. The average molecular weight is 395 g/mol. The summed E-state index contributed by atoms with van der Waals surface area (Å²) >= 11 is 0. The van der Waals surface area contributed by atoms with E-state index in [0.717, 1.165) is 37.3 Å². The quantitative estimate of drug-likeness (QED) is 0.672. The number of nitrogens with one attached hydrogen (secondary N) is 1. The van der Waals surface area contributed by atoms with Crippen LogP contribution in [0.5, 0.6) is 0 Å². The lowest BCUT2D eigenvalue weighted by Crippen LogP contribution is -2.08. The van der Waals surface area contributed by atoms with E-state index in [2.05, 4.69) is 19.9 Å². The fraction of sp³-hybridized carbons (Fsp3) is 0.350. The van der Waals surface area contributed by atoms with E-state index in [1.807, 2.05) is 0 Å². The molecule has 3 aromatic rings. The summed E-state index contributed by atoms with van der Waals surface area (Å²) in [5, 5.41) is 3.17. The highest BCUT2D eigenvalue weighted by Crippen LogP contribution is 2.27. The van der Waals surface area contributed by atoms with Crippen LogP contribution in [0, 0.1) is 0 Å². The molecule has 1 aliphatic rings. The molecule has 3 heterocycles. The van der Waals surface area contributed by atoms with E-state index in [0.29, 0.717) is 17.0 Å². The summed E-state index contributed by atoms with van der Waals surface area (Å²) in [6.07, 6.45) is 5.76. The largest absolute Gasteiger partial charge is 0.465 e. The average Bonchev–Trinajstić information content (AvgIpc) is 2.94. The van der Waals surface area contributed by atoms with Crippen LogP contribution >= 0.6 is 0 Å². The molecule has 0 spiro atoms. The van der Waals surface area contributed by atoms with E-state index in [9.17, 15) is 9.59 Å². The van der Waals surface area contributed by atoms with E-state index in [4.69, 9.17) is 14.5 Å². The van der Waals surface area contributed by atoms with E-state index >= 15 is 0 Å². The van der Waals surface area contributed by atoms with Gasteiger partial charge in [-0.15, -0.1) is 0 Å². The maximum Gasteiger partial charge on any atom is 0.337 e. The van der Waals surface area contributed by atoms with Gasteiger partial charge in [0.1, 0.15) is 12.2 Å². The number of fused-ring (bicyclic) bond motifs is 3. The number of ether oxygens (including phenoxy) is 2. The second kappa shape index (κ2) is 7.86. The van der Waals surface area contributed by atoms with Gasteiger partial charge in [0.15, 0.2) is 17.0 Å². The number of methoxy groups -OCH3 is 2. The van der Waals surface area contributed by atoms with E-state index in [-0.39, 0.29) is 11.1 Å². The number of hydrogen-bond donors (Lipinski definition) is 1. The minimum absolute atomic E-state index is 0.226. The zero-order chi connectivity index (χ0) is 20.4. The van der Waals surface area contributed by atoms with Gasteiger partial charge in [0.25, 0.3) is 0 Å². The van der Waals surface area contributed by atoms with E-state index in [1.165, 1.54) is 33.0 Å². The molecule has 0 amide bonds. The third-order valence-electron chi connectivity index (χ3n) is 4.93. The molecule has 0 saturated heterocycles. The van der Waals surface area contributed by atoms with Gasteiger partial charge in [0.05, 0.1) is 25.3 Å². The number of aryl methyl sites for hydroxylation is 2. The first kappa shape index (κ1) is 18.9. The van der Waals surface area contributed by atoms with Gasteiger partial charge in [-0.2, -0.15) is 0 Å². The second-order valence-corrected chi connectivity index (χ2v) is 6.79. The first-order valence-electron chi connectivity index (χ1n) is 9.39. The Morgan fingerprint density at radius 2 is 1.72 bits per heavy atom. The third-order valence-corrected chi connectivity index (χ3v) is 4.93. The van der Waals surface area contributed by atoms with Crippen LogP contribution in [0.1, 0.15) is 45.8 Å². The first-order chi connectivity index (χ1) is 14.1. The normalized spacial score (nSPS) is 13.4. The number of aromatic nitrogens is 4. The van der Waals surface area contributed by atoms with Crippen molar-refractivity contribution < 1.29 is 19.1 Å². The minimum Gasteiger partial charge on any atom is -0.465 e. The highest BCUT2D eigenvalue weighted by molar-refractivity contribution is 5.97. The number of rotatable bonds is 4. The Morgan fingerprint density at radius 1 is 1.00 bits per heavy atom. The molecule has 9 heteroatoms. The predicted molar refractivity (Wildman–Crippen MR) is 105 cm³/mol. The highest BCUT2D eigenvalue weighted by Gasteiger charge is 2.19. The van der Waals surface area contributed by atoms with Crippen LogP contribution in [0.4, 0.5) is 11.5 Å². The molecule has 0 radical (unpaired) electrons. The Balaban J connectivity index is 1.76. The molecule has 0 fully saturated rings. The monoisotopic (exact) mass is 395 g/mol. The number of imidazole rings is 1. The lowest BCUT2D eigenvalue weighted by molar-refractivity contribution is 0.0599. The molecule has 4 rings (SSSR count). The molecule has 2 aromatic heterocycles. The summed E-state index contributed by atoms with van der Waals surface area (Å²) < 4.78 is 11.7. The van der Waals surface area contributed by atoms with Crippen molar-refractivity contribution in [1.82, 2.24) is 19.5 Å². The number of anilines is 2. The Hall–Kier alpha value is -3.49. The lowest BCUT2D eigenvalue weighted by atomic mass is 10.1. The van der Waals surface area contributed by atoms with Gasteiger partial charge in [0.2, 0.25) is 0 Å². The molecule has 0 atom stereocenters. The van der Waals surface area contributed by atoms with Crippen LogP contribution in [-0.4, -0.2) is 45.7 Å². The molecule has 0 bridgehead atoms. The van der Waals surface area contributed by atoms with E-state index < -0.39 is 11.9 Å². The first-order valence-corrected chi connectivity index (χ1v) is 9.39. The van der Waals surface area contributed by atoms with Crippen LogP contribution < -0.4 is 5.32 Å². The Kier molecular flexibility index (Phi) is 5.11. The molecular weight excluding hydrogens is 374 g/mol. The molecule has 0 unspecified atom stereocenters. The summed E-state index contributed by atoms with van der Waals surface area (Å²) in [6.45, 7) is 0.882. The van der Waals surface area contributed by atoms with Crippen molar-refractivity contribution in [2.24, 2.45) is 0 Å². The van der Waals surface area contributed by atoms with Crippen molar-refractivity contribution in [2.75, 3.05) is 19.5 Å². The van der Waals surface area contributed by atoms with Crippen molar-refractivity contribution in [1.29, 1.82) is 0 Å². The molecule has 150 valence electrons. The van der Waals surface area contributed by atoms with Crippen molar-refractivity contribution >= 4 is 34.6 Å². The van der Waals surface area contributed by atoms with Crippen LogP contribution in [0.2, 0.25) is 0 Å². The van der Waals surface area contributed by atoms with Crippen LogP contribution in [0.3, 0.4) is 0 Å². The maximum absolute atomic E-state index is 12.0. The molecule has 1 N–H and O–H groups in total. The molecular formula is C20H21N5O4. The van der Waals surface area contributed by atoms with Crippen molar-refractivity contribution in [2.45, 2.75) is 32.2 Å². The number of nitrogens with zero attached hydrogens (tertiary/aromatic N) is 4. The van der Waals surface area contributed by atoms with Crippen molar-refractivity contribution in [3.63, 3.8) is 0 Å². The molecule has 1 aliphatic heterocycles. The lowest BCUT2D eigenvalue weighted by Gasteiger charge is -2.10. The van der Waals surface area contributed by atoms with Gasteiger partial charge in [-0.1, -0.05) is 6.42 Å². The smallest absolute Gasteiger partial charge is 0.337 e. The van der Waals surface area contributed by atoms with Crippen molar-refractivity contribution in [3.05, 3.63) is 41.5 Å². The zero-order valence-corrected chi connectivity index (χ0v) is 16.3. The molecule has 0 aliphatic carbocycles. The molecule has 29 heavy (non-hydrogen) atoms. The zero-order valence-electron chi connectivity index (χ0n) is 16.3. The number of carbonyl (C=O) groups excluding carboxylic acids is 2. The second-order valence-electron chi connectivity index (χ2n) is 6.79. The van der Waals surface area contributed by atoms with Crippen LogP contribution in [0.25, 0.3) is 11.2 Å². The standard InChI is InChI=1S/C20H21N5O4/c1-28-19(26)12-8-13(20(27)29-2)10-14(9-12)23-17-16-18(22-11-21-17)25-7-5-3-4-6-15(25)24-16/h8-11H,3-7H2,1-2H3,(H,21,22,23). The fourth-order valence-electron chi connectivity index (χ4n) is 3.54. The third kappa shape index (κ3) is 3.63. The Morgan fingerprint density at radius 3 is 2.41 bits per heavy atom. The Labute approximate surface area is 167 Å². The number of benzene rings is 1. The van der Waals surface area contributed by atoms with Crippen LogP contribution in [0.15, 0.2) is 24.5 Å². The summed E-state index contributed by atoms with van der Waals surface area (Å²) in [4.78, 5) is 37.5. The van der Waals surface area contributed by atoms with Crippen molar-refractivity contribution in [3.8, 4) is 0 Å². The van der Waals surface area contributed by atoms with Gasteiger partial charge in [-0.25, -0.2) is 24.5 Å². The number of hydrogen-bond acceptors (Lipinski definition) is 8. The topological polar surface area (TPSA) is 108 Å². The van der Waals surface area contributed by atoms with Gasteiger partial charge in [0, 0.05) is 18.7 Å². The summed E-state index contributed by atoms with van der Waals surface area (Å²) in [7, 11) is 2.57. The number of carbonyl (C=O) groups is 2. The molecule has 0 saturated carbocycles. The van der Waals surface area contributed by atoms with Gasteiger partial charge in [-0.05, 0) is 31.0 Å². The van der Waals surface area contributed by atoms with Gasteiger partial charge >= 0.3 is 11.9 Å². The highest BCUT2D eigenvalue weighted by atomic mass is 16.5. The molecule has 1 aromatic carbocycles.